The first kappa shape index (κ1) is 63.5. The van der Waals surface area contributed by atoms with Crippen molar-refractivity contribution in [3.8, 4) is 92.0 Å². The quantitative estimate of drug-likeness (QED) is 0.0638. The van der Waals surface area contributed by atoms with Crippen LogP contribution in [0.1, 0.15) is 217 Å². The molecule has 0 heterocycles. The third-order valence-corrected chi connectivity index (χ3v) is 19.8. The molecule has 0 aliphatic heterocycles. The molecule has 2 aliphatic carbocycles. The Labute approximate surface area is 522 Å². The summed E-state index contributed by atoms with van der Waals surface area (Å²) in [6, 6.07) is 19.9. The average molecular weight is 1230 g/mol. The second-order valence-electron chi connectivity index (χ2n) is 24.8. The van der Waals surface area contributed by atoms with Gasteiger partial charge in [-0.1, -0.05) is 69.2 Å². The van der Waals surface area contributed by atoms with E-state index >= 15 is 0 Å². The van der Waals surface area contributed by atoms with E-state index in [0.717, 1.165) is 0 Å². The van der Waals surface area contributed by atoms with Gasteiger partial charge in [-0.3, -0.25) is 9.80 Å². The summed E-state index contributed by atoms with van der Waals surface area (Å²) in [5, 5.41) is 187. The standard InChI is InChI=1S/C72H80N2O16/c1-11-73(29-55-69(87)51-21-52(70(55)88)36(8)48-18-44(62(80)26-66(48)84)32(4)40-15-39(57(75)23-58(40)76)31(3)43-17-47(35(51)7)65(83)25-61(43)79)13-14-74(12-2)30-56-71(89)53-22-54(72(56)90)38(10)50-20-46(64(82)28-68(50)86)34(6)42-16-41(59(77)24-60(42)78)33(5)45-19-49(37(53)9)67(85)27-63(45)81/h15-28,31-38,75-90H,11-14,29-30H2,1-10H3. The number of phenolic OH excluding ortho intramolecular Hbond substituents is 16. The minimum absolute atomic E-state index is 0.0460. The van der Waals surface area contributed by atoms with Gasteiger partial charge >= 0.3 is 0 Å². The van der Waals surface area contributed by atoms with Gasteiger partial charge in [0.05, 0.1) is 11.1 Å². The number of hydrogen-bond donors (Lipinski definition) is 16. The first-order valence-corrected chi connectivity index (χ1v) is 30.4. The van der Waals surface area contributed by atoms with Crippen molar-refractivity contribution in [2.75, 3.05) is 26.2 Å². The highest BCUT2D eigenvalue weighted by atomic mass is 16.3. The Bertz CT molecular complexity index is 3660. The molecule has 18 nitrogen and oxygen atoms in total. The summed E-state index contributed by atoms with van der Waals surface area (Å²) >= 11 is 0. The maximum atomic E-state index is 12.6. The van der Waals surface area contributed by atoms with E-state index in [9.17, 15) is 81.7 Å². The summed E-state index contributed by atoms with van der Waals surface area (Å²) in [7, 11) is 0. The van der Waals surface area contributed by atoms with Crippen LogP contribution in [0.5, 0.6) is 92.0 Å². The van der Waals surface area contributed by atoms with Crippen LogP contribution in [0.15, 0.2) is 84.9 Å². The maximum Gasteiger partial charge on any atom is 0.127 e. The second kappa shape index (κ2) is 24.1. The number of aromatic hydroxyl groups is 16. The minimum Gasteiger partial charge on any atom is -0.508 e. The zero-order valence-electron chi connectivity index (χ0n) is 52.0. The van der Waals surface area contributed by atoms with Crippen molar-refractivity contribution in [2.45, 2.75) is 130 Å². The predicted octanol–water partition coefficient (Wildman–Crippen LogP) is 13.2. The van der Waals surface area contributed by atoms with Crippen molar-refractivity contribution in [2.24, 2.45) is 0 Å². The molecule has 16 N–H and O–H groups in total. The van der Waals surface area contributed by atoms with Crippen molar-refractivity contribution in [3.05, 3.63) is 185 Å². The van der Waals surface area contributed by atoms with E-state index in [2.05, 4.69) is 0 Å². The van der Waals surface area contributed by atoms with Gasteiger partial charge in [-0.15, -0.1) is 0 Å². The molecule has 474 valence electrons. The monoisotopic (exact) mass is 1230 g/mol. The average Bonchev–Trinajstić information content (AvgIpc) is 0.781. The van der Waals surface area contributed by atoms with Crippen LogP contribution in [0.25, 0.3) is 0 Å². The van der Waals surface area contributed by atoms with E-state index in [1.807, 2.05) is 23.6 Å². The molecule has 2 aliphatic rings. The van der Waals surface area contributed by atoms with Gasteiger partial charge in [0.15, 0.2) is 0 Å². The van der Waals surface area contributed by atoms with Gasteiger partial charge in [-0.2, -0.15) is 0 Å². The number of rotatable bonds is 9. The molecule has 18 heteroatoms. The van der Waals surface area contributed by atoms with Gasteiger partial charge in [-0.05, 0) is 61.6 Å². The lowest BCUT2D eigenvalue weighted by molar-refractivity contribution is 0.199. The molecule has 8 aromatic carbocycles. The Morgan fingerprint density at radius 1 is 0.222 bits per heavy atom. The number of benzene rings is 8. The Kier molecular flexibility index (Phi) is 17.0. The predicted molar refractivity (Wildman–Crippen MR) is 340 cm³/mol. The fraction of sp³-hybridized carbons (Fsp3) is 0.333. The SMILES string of the molecule is CCN(CCN(CC)Cc1c(O)c2cc(c1O)C(C)c1cc(c(O)cc1O)C(C)c1cc(c(O)cc1O)C(C)c1cc(c(O)cc1O)C2C)Cc1c(O)c2cc(c1O)C(C)c1cc(c(O)cc1O)C(C)c1cc(c(O)cc1O)C(C)c1cc(c(O)cc1O)C2C. The van der Waals surface area contributed by atoms with Crippen LogP contribution in [0.4, 0.5) is 0 Å². The van der Waals surface area contributed by atoms with Crippen LogP contribution in [0.2, 0.25) is 0 Å². The highest BCUT2D eigenvalue weighted by Crippen LogP contribution is 2.54. The first-order valence-electron chi connectivity index (χ1n) is 30.4. The summed E-state index contributed by atoms with van der Waals surface area (Å²) in [6.45, 7) is 19.0. The fourth-order valence-corrected chi connectivity index (χ4v) is 13.7. The Hall–Kier alpha value is -9.52. The van der Waals surface area contributed by atoms with Crippen LogP contribution in [0.3, 0.4) is 0 Å². The van der Waals surface area contributed by atoms with E-state index in [-0.39, 0.29) is 152 Å². The molecule has 0 saturated carbocycles. The normalized spacial score (nSPS) is 19.7. The van der Waals surface area contributed by atoms with E-state index in [1.54, 1.807) is 104 Å². The number of fused-ring (bicyclic) bond motifs is 16. The molecular formula is C72H80N2O16. The smallest absolute Gasteiger partial charge is 0.127 e. The topological polar surface area (TPSA) is 330 Å². The molecule has 0 radical (unpaired) electrons. The molecule has 0 amide bonds. The number of likely N-dealkylation sites (N-methyl/N-ethyl adjacent to an activating group) is 2. The number of phenols is 16. The van der Waals surface area contributed by atoms with Crippen molar-refractivity contribution >= 4 is 0 Å². The molecule has 8 aromatic rings. The largest absolute Gasteiger partial charge is 0.508 e. The van der Waals surface area contributed by atoms with E-state index in [0.29, 0.717) is 79.9 Å². The van der Waals surface area contributed by atoms with Crippen molar-refractivity contribution < 1.29 is 81.7 Å². The molecule has 0 saturated heterocycles. The van der Waals surface area contributed by atoms with Crippen LogP contribution in [-0.4, -0.2) is 118 Å². The highest BCUT2D eigenvalue weighted by Gasteiger charge is 2.35. The third-order valence-electron chi connectivity index (χ3n) is 19.8. The maximum absolute atomic E-state index is 12.6. The van der Waals surface area contributed by atoms with Gasteiger partial charge in [-0.25, -0.2) is 0 Å². The van der Waals surface area contributed by atoms with Crippen molar-refractivity contribution in [3.63, 3.8) is 0 Å². The summed E-state index contributed by atoms with van der Waals surface area (Å²) in [4.78, 5) is 3.95. The van der Waals surface area contributed by atoms with Crippen molar-refractivity contribution in [1.29, 1.82) is 0 Å². The van der Waals surface area contributed by atoms with Crippen LogP contribution >= 0.6 is 0 Å². The van der Waals surface area contributed by atoms with E-state index in [1.165, 1.54) is 36.4 Å². The lowest BCUT2D eigenvalue weighted by atomic mass is 9.80. The van der Waals surface area contributed by atoms with E-state index in [4.69, 9.17) is 0 Å². The lowest BCUT2D eigenvalue weighted by Crippen LogP contribution is -2.34. The summed E-state index contributed by atoms with van der Waals surface area (Å²) in [5.74, 6) is -10.8. The summed E-state index contributed by atoms with van der Waals surface area (Å²) in [5.41, 5.74) is 5.03. The van der Waals surface area contributed by atoms with Gasteiger partial charge in [0.2, 0.25) is 0 Å². The first-order chi connectivity index (χ1) is 42.5. The highest BCUT2D eigenvalue weighted by molar-refractivity contribution is 5.66. The summed E-state index contributed by atoms with van der Waals surface area (Å²) < 4.78 is 0. The Morgan fingerprint density at radius 3 is 0.500 bits per heavy atom. The molecule has 10 rings (SSSR count). The molecule has 16 bridgehead atoms. The van der Waals surface area contributed by atoms with Crippen LogP contribution in [-0.2, 0) is 13.1 Å². The zero-order valence-corrected chi connectivity index (χ0v) is 52.0. The molecule has 0 fully saturated rings. The van der Waals surface area contributed by atoms with Gasteiger partial charge in [0.25, 0.3) is 0 Å². The zero-order chi connectivity index (χ0) is 65.5. The van der Waals surface area contributed by atoms with Crippen molar-refractivity contribution in [1.82, 2.24) is 9.80 Å². The molecule has 8 atom stereocenters. The fourth-order valence-electron chi connectivity index (χ4n) is 13.7. The van der Waals surface area contributed by atoms with Gasteiger partial charge in [0.1, 0.15) is 92.0 Å². The molecule has 8 unspecified atom stereocenters. The minimum atomic E-state index is -0.825. The molecular weight excluding hydrogens is 1150 g/mol. The number of nitrogens with zero attached hydrogens (tertiary/aromatic N) is 2. The molecule has 0 aromatic heterocycles. The second-order valence-corrected chi connectivity index (χ2v) is 24.8. The van der Waals surface area contributed by atoms with Gasteiger partial charge in [0, 0.05) is 199 Å². The van der Waals surface area contributed by atoms with Crippen LogP contribution in [0, 0.1) is 0 Å². The molecule has 90 heavy (non-hydrogen) atoms. The molecule has 0 spiro atoms. The van der Waals surface area contributed by atoms with Gasteiger partial charge < -0.3 is 81.7 Å². The Balaban J connectivity index is 1.05. The summed E-state index contributed by atoms with van der Waals surface area (Å²) in [6.07, 6.45) is 0. The lowest BCUT2D eigenvalue weighted by Gasteiger charge is -2.30. The third kappa shape index (κ3) is 10.9. The van der Waals surface area contributed by atoms with Crippen LogP contribution < -0.4 is 0 Å². The Morgan fingerprint density at radius 2 is 0.356 bits per heavy atom. The van der Waals surface area contributed by atoms with E-state index < -0.39 is 47.3 Å². The number of hydrogen-bond acceptors (Lipinski definition) is 18.